The van der Waals surface area contributed by atoms with E-state index in [1.54, 1.807) is 0 Å². The van der Waals surface area contributed by atoms with Crippen molar-refractivity contribution in [3.63, 3.8) is 0 Å². The summed E-state index contributed by atoms with van der Waals surface area (Å²) in [7, 11) is 0. The van der Waals surface area contributed by atoms with Crippen LogP contribution in [-0.2, 0) is 5.88 Å². The van der Waals surface area contributed by atoms with E-state index in [1.165, 1.54) is 0 Å². The van der Waals surface area contributed by atoms with Crippen molar-refractivity contribution in [3.8, 4) is 0 Å². The zero-order chi connectivity index (χ0) is 11.7. The highest BCUT2D eigenvalue weighted by atomic mass is 35.5. The Balaban J connectivity index is 2.68. The first-order valence-corrected chi connectivity index (χ1v) is 6.10. The van der Waals surface area contributed by atoms with Gasteiger partial charge in [-0.3, -0.25) is 0 Å². The van der Waals surface area contributed by atoms with Crippen molar-refractivity contribution in [2.24, 2.45) is 0 Å². The summed E-state index contributed by atoms with van der Waals surface area (Å²) in [4.78, 5) is 8.99. The van der Waals surface area contributed by atoms with E-state index < -0.39 is 0 Å². The van der Waals surface area contributed by atoms with Crippen molar-refractivity contribution in [1.29, 1.82) is 0 Å². The average Bonchev–Trinajstić information content (AvgIpc) is 2.65. The molecule has 86 valence electrons. The van der Waals surface area contributed by atoms with Crippen LogP contribution in [0.2, 0.25) is 0 Å². The van der Waals surface area contributed by atoms with Crippen LogP contribution >= 0.6 is 11.6 Å². The molecular formula is C12H16ClN3. The van der Waals surface area contributed by atoms with Gasteiger partial charge in [0.15, 0.2) is 5.65 Å². The summed E-state index contributed by atoms with van der Waals surface area (Å²) in [5, 5.41) is 0. The predicted octanol–water partition coefficient (Wildman–Crippen LogP) is 3.45. The van der Waals surface area contributed by atoms with Gasteiger partial charge in [0.25, 0.3) is 0 Å². The molecule has 1 atom stereocenters. The second-order valence-electron chi connectivity index (χ2n) is 4.14. The quantitative estimate of drug-likeness (QED) is 0.766. The summed E-state index contributed by atoms with van der Waals surface area (Å²) >= 11 is 5.93. The van der Waals surface area contributed by atoms with Crippen LogP contribution in [-0.4, -0.2) is 14.5 Å². The topological polar surface area (TPSA) is 30.7 Å². The highest BCUT2D eigenvalue weighted by Gasteiger charge is 2.14. The predicted molar refractivity (Wildman–Crippen MR) is 66.8 cm³/mol. The largest absolute Gasteiger partial charge is 0.309 e. The van der Waals surface area contributed by atoms with Crippen LogP contribution in [0.4, 0.5) is 0 Å². The molecule has 0 radical (unpaired) electrons. The van der Waals surface area contributed by atoms with Gasteiger partial charge in [0.05, 0.1) is 5.88 Å². The molecule has 2 heterocycles. The highest BCUT2D eigenvalue weighted by Crippen LogP contribution is 2.22. The van der Waals surface area contributed by atoms with E-state index in [9.17, 15) is 0 Å². The molecule has 0 N–H and O–H groups in total. The van der Waals surface area contributed by atoms with Crippen LogP contribution in [0.5, 0.6) is 0 Å². The summed E-state index contributed by atoms with van der Waals surface area (Å²) < 4.78 is 2.14. The number of fused-ring (bicyclic) bond motifs is 1. The molecule has 0 spiro atoms. The maximum atomic E-state index is 5.93. The van der Waals surface area contributed by atoms with Gasteiger partial charge in [0.2, 0.25) is 0 Å². The normalized spacial score (nSPS) is 13.2. The lowest BCUT2D eigenvalue weighted by Crippen LogP contribution is -2.08. The monoisotopic (exact) mass is 237 g/mol. The lowest BCUT2D eigenvalue weighted by atomic mass is 10.2. The molecule has 0 aromatic carbocycles. The van der Waals surface area contributed by atoms with Crippen molar-refractivity contribution in [1.82, 2.24) is 14.5 Å². The number of hydrogen-bond donors (Lipinski definition) is 0. The van der Waals surface area contributed by atoms with Crippen LogP contribution in [0.15, 0.2) is 12.3 Å². The molecule has 0 saturated carbocycles. The fraction of sp³-hybridized carbons (Fsp3) is 0.500. The molecule has 0 aliphatic heterocycles. The fourth-order valence-corrected chi connectivity index (χ4v) is 2.06. The average molecular weight is 238 g/mol. The van der Waals surface area contributed by atoms with E-state index in [-0.39, 0.29) is 0 Å². The Morgan fingerprint density at radius 1 is 1.50 bits per heavy atom. The summed E-state index contributed by atoms with van der Waals surface area (Å²) in [6, 6.07) is 2.44. The van der Waals surface area contributed by atoms with Crippen molar-refractivity contribution < 1.29 is 0 Å². The number of aromatic nitrogens is 3. The first kappa shape index (κ1) is 11.4. The molecule has 0 aliphatic rings. The standard InChI is InChI=1S/C12H16ClN3/c1-4-9(3)16-11(6-13)15-10-5-8(2)7-14-12(10)16/h5,7,9H,4,6H2,1-3H3. The lowest BCUT2D eigenvalue weighted by molar-refractivity contribution is 0.527. The molecule has 3 nitrogen and oxygen atoms in total. The summed E-state index contributed by atoms with van der Waals surface area (Å²) in [5.41, 5.74) is 3.01. The maximum Gasteiger partial charge on any atom is 0.160 e. The number of pyridine rings is 1. The molecular weight excluding hydrogens is 222 g/mol. The van der Waals surface area contributed by atoms with Crippen LogP contribution in [0.1, 0.15) is 37.7 Å². The molecule has 1 unspecified atom stereocenters. The van der Waals surface area contributed by atoms with Crippen LogP contribution in [0, 0.1) is 6.92 Å². The second kappa shape index (κ2) is 4.42. The van der Waals surface area contributed by atoms with Gasteiger partial charge in [0.1, 0.15) is 11.3 Å². The number of nitrogens with zero attached hydrogens (tertiary/aromatic N) is 3. The van der Waals surface area contributed by atoms with E-state index in [0.29, 0.717) is 11.9 Å². The molecule has 0 amide bonds. The van der Waals surface area contributed by atoms with Crippen molar-refractivity contribution in [2.45, 2.75) is 39.1 Å². The van der Waals surface area contributed by atoms with Gasteiger partial charge in [-0.05, 0) is 31.9 Å². The van der Waals surface area contributed by atoms with Gasteiger partial charge in [-0.2, -0.15) is 0 Å². The summed E-state index contributed by atoms with van der Waals surface area (Å²) in [6.45, 7) is 6.34. The Bertz CT molecular complexity index is 504. The summed E-state index contributed by atoms with van der Waals surface area (Å²) in [6.07, 6.45) is 2.92. The van der Waals surface area contributed by atoms with Crippen molar-refractivity contribution in [3.05, 3.63) is 23.7 Å². The zero-order valence-corrected chi connectivity index (χ0v) is 10.6. The molecule has 2 aromatic heterocycles. The van der Waals surface area contributed by atoms with Gasteiger partial charge in [-0.1, -0.05) is 6.92 Å². The first-order chi connectivity index (χ1) is 7.67. The third-order valence-electron chi connectivity index (χ3n) is 2.89. The molecule has 2 aromatic rings. The minimum absolute atomic E-state index is 0.383. The van der Waals surface area contributed by atoms with Gasteiger partial charge in [-0.15, -0.1) is 11.6 Å². The highest BCUT2D eigenvalue weighted by molar-refractivity contribution is 6.16. The van der Waals surface area contributed by atoms with E-state index in [0.717, 1.165) is 29.0 Å². The third-order valence-corrected chi connectivity index (χ3v) is 3.13. The fourth-order valence-electron chi connectivity index (χ4n) is 1.87. The lowest BCUT2D eigenvalue weighted by Gasteiger charge is -2.13. The van der Waals surface area contributed by atoms with Crippen molar-refractivity contribution >= 4 is 22.8 Å². The van der Waals surface area contributed by atoms with Gasteiger partial charge < -0.3 is 4.57 Å². The number of hydrogen-bond acceptors (Lipinski definition) is 2. The molecule has 0 fully saturated rings. The number of rotatable bonds is 3. The number of alkyl halides is 1. The number of aryl methyl sites for hydroxylation is 1. The molecule has 4 heteroatoms. The molecule has 16 heavy (non-hydrogen) atoms. The Morgan fingerprint density at radius 3 is 2.88 bits per heavy atom. The second-order valence-corrected chi connectivity index (χ2v) is 4.41. The van der Waals surface area contributed by atoms with E-state index >= 15 is 0 Å². The van der Waals surface area contributed by atoms with Crippen LogP contribution in [0.3, 0.4) is 0 Å². The van der Waals surface area contributed by atoms with E-state index in [2.05, 4.69) is 34.4 Å². The van der Waals surface area contributed by atoms with Gasteiger partial charge in [0, 0.05) is 12.2 Å². The molecule has 0 saturated heterocycles. The minimum Gasteiger partial charge on any atom is -0.309 e. The number of halogens is 1. The van der Waals surface area contributed by atoms with E-state index in [1.807, 2.05) is 13.1 Å². The number of imidazole rings is 1. The molecule has 0 aliphatic carbocycles. The molecule has 2 rings (SSSR count). The summed E-state index contributed by atoms with van der Waals surface area (Å²) in [5.74, 6) is 1.34. The Hall–Kier alpha value is -1.09. The van der Waals surface area contributed by atoms with Gasteiger partial charge in [-0.25, -0.2) is 9.97 Å². The van der Waals surface area contributed by atoms with Gasteiger partial charge >= 0.3 is 0 Å². The SMILES string of the molecule is CCC(C)n1c(CCl)nc2cc(C)cnc21. The Kier molecular flexibility index (Phi) is 3.15. The zero-order valence-electron chi connectivity index (χ0n) is 9.87. The third kappa shape index (κ3) is 1.80. The minimum atomic E-state index is 0.383. The van der Waals surface area contributed by atoms with E-state index in [4.69, 9.17) is 11.6 Å². The van der Waals surface area contributed by atoms with Crippen molar-refractivity contribution in [2.75, 3.05) is 0 Å². The first-order valence-electron chi connectivity index (χ1n) is 5.56. The Labute approximate surface area is 100 Å². The Morgan fingerprint density at radius 2 is 2.25 bits per heavy atom. The smallest absolute Gasteiger partial charge is 0.160 e. The van der Waals surface area contributed by atoms with Crippen LogP contribution < -0.4 is 0 Å². The van der Waals surface area contributed by atoms with Crippen LogP contribution in [0.25, 0.3) is 11.2 Å². The molecule has 0 bridgehead atoms. The maximum absolute atomic E-state index is 5.93.